The zero-order chi connectivity index (χ0) is 24.1. The number of rotatable bonds is 5. The first kappa shape index (κ1) is 23.7. The molecule has 1 spiro atoms. The Labute approximate surface area is 203 Å². The van der Waals surface area contributed by atoms with Gasteiger partial charge in [-0.25, -0.2) is 8.42 Å². The number of nitrogens with two attached hydrogens (primary N) is 1. The number of aliphatic hydroxyl groups is 1. The summed E-state index contributed by atoms with van der Waals surface area (Å²) in [7, 11) is -3.04. The van der Waals surface area contributed by atoms with Crippen LogP contribution in [0.15, 0.2) is 30.6 Å². The number of hydrogen-bond acceptors (Lipinski definition) is 7. The number of likely N-dealkylation sites (tertiary alicyclic amines) is 1. The molecule has 1 unspecified atom stereocenters. The van der Waals surface area contributed by atoms with Crippen LogP contribution in [0.25, 0.3) is 0 Å². The maximum atomic E-state index is 12.0. The molecule has 1 aromatic heterocycles. The number of fused-ring (bicyclic) bond motifs is 2. The summed E-state index contributed by atoms with van der Waals surface area (Å²) in [5, 5.41) is 15.8. The summed E-state index contributed by atoms with van der Waals surface area (Å²) in [6.45, 7) is 2.52. The zero-order valence-corrected chi connectivity index (χ0v) is 20.4. The van der Waals surface area contributed by atoms with Crippen LogP contribution in [0.3, 0.4) is 0 Å². The van der Waals surface area contributed by atoms with Crippen LogP contribution < -0.4 is 5.73 Å². The highest BCUT2D eigenvalue weighted by Gasteiger charge is 2.48. The second-order valence-electron chi connectivity index (χ2n) is 9.82. The van der Waals surface area contributed by atoms with Gasteiger partial charge >= 0.3 is 0 Å². The highest BCUT2D eigenvalue weighted by atomic mass is 35.5. The van der Waals surface area contributed by atoms with Crippen LogP contribution in [0.5, 0.6) is 0 Å². The molecule has 11 heteroatoms. The van der Waals surface area contributed by atoms with Crippen molar-refractivity contribution >= 4 is 27.3 Å². The maximum Gasteiger partial charge on any atom is 0.251 e. The Balaban J connectivity index is 1.21. The predicted molar refractivity (Wildman–Crippen MR) is 126 cm³/mol. The Morgan fingerprint density at radius 2 is 1.94 bits per heavy atom. The molecule has 2 fully saturated rings. The van der Waals surface area contributed by atoms with Gasteiger partial charge in [-0.3, -0.25) is 14.4 Å². The molecule has 0 aliphatic carbocycles. The predicted octanol–water partition coefficient (Wildman–Crippen LogP) is 1.52. The van der Waals surface area contributed by atoms with Crippen molar-refractivity contribution in [1.29, 1.82) is 0 Å². The van der Waals surface area contributed by atoms with Crippen molar-refractivity contribution in [2.75, 3.05) is 24.6 Å². The summed E-state index contributed by atoms with van der Waals surface area (Å²) < 4.78 is 31.3. The minimum atomic E-state index is -3.04. The van der Waals surface area contributed by atoms with Crippen LogP contribution in [0, 0.1) is 0 Å². The van der Waals surface area contributed by atoms with Crippen LogP contribution in [-0.2, 0) is 38.1 Å². The van der Waals surface area contributed by atoms with E-state index >= 15 is 0 Å². The fraction of sp³-hybridized carbons (Fsp3) is 0.565. The molecule has 3 aliphatic heterocycles. The number of hydrogen-bond donors (Lipinski definition) is 2. The van der Waals surface area contributed by atoms with Gasteiger partial charge in [0, 0.05) is 36.4 Å². The molecule has 3 N–H and O–H groups in total. The molecule has 1 amide bonds. The molecule has 34 heavy (non-hydrogen) atoms. The Morgan fingerprint density at radius 3 is 2.62 bits per heavy atom. The number of nitrogens with zero attached hydrogens (tertiary/aromatic N) is 3. The average molecular weight is 509 g/mol. The first-order valence-corrected chi connectivity index (χ1v) is 13.7. The lowest BCUT2D eigenvalue weighted by Crippen LogP contribution is -2.43. The van der Waals surface area contributed by atoms with Gasteiger partial charge in [0.05, 0.1) is 35.4 Å². The molecule has 2 saturated heterocycles. The number of sulfone groups is 1. The van der Waals surface area contributed by atoms with E-state index in [0.29, 0.717) is 24.4 Å². The molecular weight excluding hydrogens is 480 g/mol. The minimum Gasteiger partial charge on any atom is -0.388 e. The molecule has 2 aromatic rings. The second-order valence-corrected chi connectivity index (χ2v) is 12.6. The van der Waals surface area contributed by atoms with Crippen molar-refractivity contribution < 1.29 is 23.1 Å². The van der Waals surface area contributed by atoms with Gasteiger partial charge in [-0.2, -0.15) is 5.10 Å². The quantitative estimate of drug-likeness (QED) is 0.626. The highest BCUT2D eigenvalue weighted by Crippen LogP contribution is 2.50. The number of ether oxygens (including phenoxy) is 1. The van der Waals surface area contributed by atoms with Gasteiger partial charge in [-0.1, -0.05) is 17.7 Å². The van der Waals surface area contributed by atoms with Crippen molar-refractivity contribution in [1.82, 2.24) is 14.7 Å². The molecule has 4 heterocycles. The molecule has 0 saturated carbocycles. The van der Waals surface area contributed by atoms with Crippen molar-refractivity contribution in [3.63, 3.8) is 0 Å². The van der Waals surface area contributed by atoms with Crippen molar-refractivity contribution in [3.05, 3.63) is 52.3 Å². The number of primary amides is 1. The summed E-state index contributed by atoms with van der Waals surface area (Å²) in [6, 6.07) is 5.48. The lowest BCUT2D eigenvalue weighted by molar-refractivity contribution is -0.148. The fourth-order valence-corrected chi connectivity index (χ4v) is 7.14. The van der Waals surface area contributed by atoms with Gasteiger partial charge in [0.25, 0.3) is 5.91 Å². The van der Waals surface area contributed by atoms with Crippen molar-refractivity contribution in [2.24, 2.45) is 5.73 Å². The third-order valence-corrected chi connectivity index (χ3v) is 9.25. The van der Waals surface area contributed by atoms with Crippen molar-refractivity contribution in [3.8, 4) is 0 Å². The Bertz CT molecular complexity index is 1190. The van der Waals surface area contributed by atoms with Crippen molar-refractivity contribution in [2.45, 2.75) is 56.1 Å². The van der Waals surface area contributed by atoms with Crippen LogP contribution in [0.2, 0.25) is 5.02 Å². The lowest BCUT2D eigenvalue weighted by Gasteiger charge is -2.39. The number of carbonyl (C=O) groups excluding carboxylic acids is 1. The van der Waals surface area contributed by atoms with E-state index in [1.54, 1.807) is 16.9 Å². The molecule has 0 radical (unpaired) electrons. The first-order chi connectivity index (χ1) is 16.1. The summed E-state index contributed by atoms with van der Waals surface area (Å²) in [5.41, 5.74) is 6.77. The smallest absolute Gasteiger partial charge is 0.251 e. The van der Waals surface area contributed by atoms with Gasteiger partial charge in [0.2, 0.25) is 0 Å². The third-order valence-electron chi connectivity index (χ3n) is 7.36. The van der Waals surface area contributed by atoms with E-state index in [0.717, 1.165) is 29.8 Å². The molecule has 1 atom stereocenters. The van der Waals surface area contributed by atoms with Gasteiger partial charge < -0.3 is 15.6 Å². The van der Waals surface area contributed by atoms with E-state index < -0.39 is 33.1 Å². The molecule has 1 aromatic carbocycles. The largest absolute Gasteiger partial charge is 0.388 e. The molecule has 9 nitrogen and oxygen atoms in total. The van der Waals surface area contributed by atoms with Crippen LogP contribution in [0.4, 0.5) is 0 Å². The molecule has 5 rings (SSSR count). The number of halogens is 1. The second kappa shape index (κ2) is 8.60. The first-order valence-electron chi connectivity index (χ1n) is 11.5. The molecule has 3 aliphatic rings. The SMILES string of the molecule is NC(=O)C1OC2(CCN(Cc3cnn(CC4(O)CCS(=O)(=O)CC4)c3)CC2)c2cc(Cl)ccc21. The van der Waals surface area contributed by atoms with Crippen LogP contribution in [-0.4, -0.2) is 64.3 Å². The number of benzene rings is 1. The van der Waals surface area contributed by atoms with Gasteiger partial charge in [0.15, 0.2) is 15.9 Å². The number of piperidine rings is 1. The molecule has 0 bridgehead atoms. The normalized spacial score (nSPS) is 25.3. The lowest BCUT2D eigenvalue weighted by atomic mass is 9.83. The van der Waals surface area contributed by atoms with E-state index in [2.05, 4.69) is 10.00 Å². The Kier molecular flexibility index (Phi) is 6.01. The van der Waals surface area contributed by atoms with Crippen LogP contribution in [0.1, 0.15) is 48.5 Å². The minimum absolute atomic E-state index is 0.0141. The van der Waals surface area contributed by atoms with E-state index in [-0.39, 0.29) is 30.9 Å². The molecular formula is C23H29ClN4O5S. The summed E-state index contributed by atoms with van der Waals surface area (Å²) in [4.78, 5) is 14.3. The Morgan fingerprint density at radius 1 is 1.24 bits per heavy atom. The summed E-state index contributed by atoms with van der Waals surface area (Å²) >= 11 is 6.25. The summed E-state index contributed by atoms with van der Waals surface area (Å²) in [6.07, 6.45) is 4.84. The average Bonchev–Trinajstić information content (AvgIpc) is 3.35. The summed E-state index contributed by atoms with van der Waals surface area (Å²) in [5.74, 6) is -0.465. The Hall–Kier alpha value is -1.98. The molecule has 184 valence electrons. The standard InChI is InChI=1S/C23H29ClN4O5S/c24-17-1-2-18-19(11-17)23(33-20(18)21(25)29)3-7-27(8-4-23)13-16-12-26-28(14-16)15-22(30)5-9-34(31,32)10-6-22/h1-2,11-12,14,20,30H,3-10,13,15H2,(H2,25,29). The number of amides is 1. The van der Waals surface area contributed by atoms with Gasteiger partial charge in [-0.05, 0) is 48.9 Å². The maximum absolute atomic E-state index is 12.0. The number of aromatic nitrogens is 2. The van der Waals surface area contributed by atoms with E-state index in [1.807, 2.05) is 18.3 Å². The monoisotopic (exact) mass is 508 g/mol. The third kappa shape index (κ3) is 4.61. The van der Waals surface area contributed by atoms with E-state index in [1.165, 1.54) is 0 Å². The topological polar surface area (TPSA) is 128 Å². The van der Waals surface area contributed by atoms with E-state index in [4.69, 9.17) is 22.1 Å². The zero-order valence-electron chi connectivity index (χ0n) is 18.8. The van der Waals surface area contributed by atoms with Gasteiger partial charge in [0.1, 0.15) is 0 Å². The highest BCUT2D eigenvalue weighted by molar-refractivity contribution is 7.91. The fourth-order valence-electron chi connectivity index (χ4n) is 5.39. The van der Waals surface area contributed by atoms with Crippen LogP contribution >= 0.6 is 11.6 Å². The number of carbonyl (C=O) groups is 1. The van der Waals surface area contributed by atoms with E-state index in [9.17, 15) is 18.3 Å². The van der Waals surface area contributed by atoms with Gasteiger partial charge in [-0.15, -0.1) is 0 Å².